The molecule has 5 nitrogen and oxygen atoms in total. The lowest BCUT2D eigenvalue weighted by Gasteiger charge is -2.29. The number of hydrogen-bond donors (Lipinski definition) is 1. The lowest BCUT2D eigenvalue weighted by Crippen LogP contribution is -2.49. The zero-order valence-corrected chi connectivity index (χ0v) is 22.0. The van der Waals surface area contributed by atoms with Crippen molar-refractivity contribution < 1.29 is 14.3 Å². The SMILES string of the molecule is CCCCNC(=O)[C@H](C)N(Cc1ccc(Br)cc1)C(=O)COc1ccc2ccccc2c1Br. The van der Waals surface area contributed by atoms with E-state index in [9.17, 15) is 9.59 Å². The smallest absolute Gasteiger partial charge is 0.261 e. The highest BCUT2D eigenvalue weighted by atomic mass is 79.9. The van der Waals surface area contributed by atoms with Gasteiger partial charge in [-0.05, 0) is 63.8 Å². The molecule has 0 aliphatic rings. The highest BCUT2D eigenvalue weighted by Crippen LogP contribution is 2.33. The van der Waals surface area contributed by atoms with Crippen LogP contribution in [0.5, 0.6) is 5.75 Å². The Bertz CT molecular complexity index is 1100. The molecule has 0 fully saturated rings. The Kier molecular flexibility index (Phi) is 9.32. The van der Waals surface area contributed by atoms with Crippen LogP contribution in [0.3, 0.4) is 0 Å². The molecule has 174 valence electrons. The van der Waals surface area contributed by atoms with Crippen LogP contribution in [0.2, 0.25) is 0 Å². The highest BCUT2D eigenvalue weighted by molar-refractivity contribution is 9.11. The normalized spacial score (nSPS) is 11.8. The van der Waals surface area contributed by atoms with Crippen LogP contribution in [0.15, 0.2) is 69.6 Å². The lowest BCUT2D eigenvalue weighted by molar-refractivity contribution is -0.142. The number of carbonyl (C=O) groups is 2. The summed E-state index contributed by atoms with van der Waals surface area (Å²) in [7, 11) is 0. The Morgan fingerprint density at radius 2 is 1.76 bits per heavy atom. The summed E-state index contributed by atoms with van der Waals surface area (Å²) in [6, 6.07) is 18.9. The first-order valence-electron chi connectivity index (χ1n) is 11.0. The summed E-state index contributed by atoms with van der Waals surface area (Å²) in [6.45, 7) is 4.57. The van der Waals surface area contributed by atoms with E-state index in [0.717, 1.165) is 38.1 Å². The van der Waals surface area contributed by atoms with Gasteiger partial charge in [0, 0.05) is 17.6 Å². The first kappa shape index (κ1) is 25.2. The van der Waals surface area contributed by atoms with Crippen LogP contribution in [0, 0.1) is 0 Å². The molecule has 1 N–H and O–H groups in total. The van der Waals surface area contributed by atoms with Gasteiger partial charge in [0.25, 0.3) is 5.91 Å². The van der Waals surface area contributed by atoms with E-state index in [1.165, 1.54) is 0 Å². The van der Waals surface area contributed by atoms with Crippen molar-refractivity contribution in [2.45, 2.75) is 39.3 Å². The number of benzene rings is 3. The molecule has 2 amide bonds. The maximum Gasteiger partial charge on any atom is 0.261 e. The Morgan fingerprint density at radius 1 is 1.03 bits per heavy atom. The largest absolute Gasteiger partial charge is 0.483 e. The number of ether oxygens (including phenoxy) is 1. The molecular weight excluding hydrogens is 548 g/mol. The number of fused-ring (bicyclic) bond motifs is 1. The predicted molar refractivity (Wildman–Crippen MR) is 139 cm³/mol. The quantitative estimate of drug-likeness (QED) is 0.298. The van der Waals surface area contributed by atoms with Gasteiger partial charge in [-0.25, -0.2) is 0 Å². The summed E-state index contributed by atoms with van der Waals surface area (Å²) in [5.74, 6) is 0.169. The van der Waals surface area contributed by atoms with E-state index in [1.807, 2.05) is 60.7 Å². The third-order valence-electron chi connectivity index (χ3n) is 5.44. The molecule has 0 saturated heterocycles. The Hall–Kier alpha value is -2.38. The van der Waals surface area contributed by atoms with Crippen LogP contribution >= 0.6 is 31.9 Å². The molecule has 33 heavy (non-hydrogen) atoms. The molecule has 0 bridgehead atoms. The summed E-state index contributed by atoms with van der Waals surface area (Å²) >= 11 is 7.03. The molecule has 0 unspecified atom stereocenters. The summed E-state index contributed by atoms with van der Waals surface area (Å²) in [6.07, 6.45) is 1.89. The fourth-order valence-corrected chi connectivity index (χ4v) is 4.32. The van der Waals surface area contributed by atoms with Gasteiger partial charge < -0.3 is 15.0 Å². The van der Waals surface area contributed by atoms with Crippen molar-refractivity contribution >= 4 is 54.4 Å². The maximum absolute atomic E-state index is 13.2. The van der Waals surface area contributed by atoms with Gasteiger partial charge >= 0.3 is 0 Å². The molecule has 0 aromatic heterocycles. The monoisotopic (exact) mass is 574 g/mol. The van der Waals surface area contributed by atoms with E-state index in [2.05, 4.69) is 44.1 Å². The van der Waals surface area contributed by atoms with Crippen LogP contribution in [0.1, 0.15) is 32.3 Å². The van der Waals surface area contributed by atoms with Crippen molar-refractivity contribution in [3.05, 3.63) is 75.2 Å². The first-order chi connectivity index (χ1) is 15.9. The standard InChI is InChI=1S/C26H28Br2N2O3/c1-3-4-15-29-26(32)18(2)30(16-19-9-12-21(27)13-10-19)24(31)17-33-23-14-11-20-7-5-6-8-22(20)25(23)28/h5-14,18H,3-4,15-17H2,1-2H3,(H,29,32)/t18-/m0/s1. The molecule has 0 saturated carbocycles. The van der Waals surface area contributed by atoms with Crippen LogP contribution in [-0.2, 0) is 16.1 Å². The van der Waals surface area contributed by atoms with E-state index < -0.39 is 6.04 Å². The number of carbonyl (C=O) groups excluding carboxylic acids is 2. The van der Waals surface area contributed by atoms with Gasteiger partial charge in [-0.15, -0.1) is 0 Å². The van der Waals surface area contributed by atoms with Crippen molar-refractivity contribution in [3.63, 3.8) is 0 Å². The van der Waals surface area contributed by atoms with Crippen LogP contribution < -0.4 is 10.1 Å². The van der Waals surface area contributed by atoms with Gasteiger partial charge in [-0.1, -0.05) is 71.7 Å². The zero-order chi connectivity index (χ0) is 23.8. The molecule has 3 aromatic carbocycles. The minimum atomic E-state index is -0.623. The van der Waals surface area contributed by atoms with Gasteiger partial charge in [0.05, 0.1) is 4.47 Å². The Balaban J connectivity index is 1.75. The minimum Gasteiger partial charge on any atom is -0.483 e. The van der Waals surface area contributed by atoms with Gasteiger partial charge in [0.2, 0.25) is 5.91 Å². The molecule has 7 heteroatoms. The summed E-state index contributed by atoms with van der Waals surface area (Å²) in [5, 5.41) is 5.02. The van der Waals surface area contributed by atoms with Gasteiger partial charge in [-0.3, -0.25) is 9.59 Å². The molecule has 0 heterocycles. The van der Waals surface area contributed by atoms with E-state index in [-0.39, 0.29) is 18.4 Å². The highest BCUT2D eigenvalue weighted by Gasteiger charge is 2.26. The van der Waals surface area contributed by atoms with Crippen LogP contribution in [-0.4, -0.2) is 35.9 Å². The van der Waals surface area contributed by atoms with Crippen molar-refractivity contribution in [2.75, 3.05) is 13.2 Å². The number of unbranched alkanes of at least 4 members (excludes halogenated alkanes) is 1. The van der Waals surface area contributed by atoms with E-state index >= 15 is 0 Å². The second-order valence-corrected chi connectivity index (χ2v) is 9.56. The van der Waals surface area contributed by atoms with Crippen molar-refractivity contribution in [2.24, 2.45) is 0 Å². The Morgan fingerprint density at radius 3 is 2.48 bits per heavy atom. The molecule has 0 aliphatic heterocycles. The number of amides is 2. The summed E-state index contributed by atoms with van der Waals surface area (Å²) in [5.41, 5.74) is 0.937. The van der Waals surface area contributed by atoms with Crippen LogP contribution in [0.25, 0.3) is 10.8 Å². The topological polar surface area (TPSA) is 58.6 Å². The van der Waals surface area contributed by atoms with Gasteiger partial charge in [0.1, 0.15) is 11.8 Å². The predicted octanol–water partition coefficient (Wildman–Crippen LogP) is 6.08. The van der Waals surface area contributed by atoms with E-state index in [1.54, 1.807) is 11.8 Å². The average molecular weight is 576 g/mol. The first-order valence-corrected chi connectivity index (χ1v) is 12.6. The number of hydrogen-bond acceptors (Lipinski definition) is 3. The van der Waals surface area contributed by atoms with Crippen molar-refractivity contribution in [1.29, 1.82) is 0 Å². The van der Waals surface area contributed by atoms with E-state index in [0.29, 0.717) is 18.8 Å². The van der Waals surface area contributed by atoms with Crippen LogP contribution in [0.4, 0.5) is 0 Å². The maximum atomic E-state index is 13.2. The fraction of sp³-hybridized carbons (Fsp3) is 0.308. The third kappa shape index (κ3) is 6.81. The fourth-order valence-electron chi connectivity index (χ4n) is 3.45. The lowest BCUT2D eigenvalue weighted by atomic mass is 10.1. The minimum absolute atomic E-state index is 0.166. The Labute approximate surface area is 211 Å². The molecular formula is C26H28Br2N2O3. The molecule has 3 rings (SSSR count). The molecule has 0 radical (unpaired) electrons. The van der Waals surface area contributed by atoms with E-state index in [4.69, 9.17) is 4.74 Å². The summed E-state index contributed by atoms with van der Waals surface area (Å²) in [4.78, 5) is 27.5. The number of nitrogens with zero attached hydrogens (tertiary/aromatic N) is 1. The number of halogens is 2. The average Bonchev–Trinajstić information content (AvgIpc) is 2.83. The zero-order valence-electron chi connectivity index (χ0n) is 18.8. The number of rotatable bonds is 10. The molecule has 1 atom stereocenters. The van der Waals surface area contributed by atoms with Crippen molar-refractivity contribution in [3.8, 4) is 5.75 Å². The molecule has 0 aliphatic carbocycles. The third-order valence-corrected chi connectivity index (χ3v) is 6.79. The van der Waals surface area contributed by atoms with Gasteiger partial charge in [0.15, 0.2) is 6.61 Å². The number of nitrogens with one attached hydrogen (secondary N) is 1. The van der Waals surface area contributed by atoms with Gasteiger partial charge in [-0.2, -0.15) is 0 Å². The second-order valence-electron chi connectivity index (χ2n) is 7.86. The summed E-state index contributed by atoms with van der Waals surface area (Å²) < 4.78 is 7.66. The second kappa shape index (κ2) is 12.2. The van der Waals surface area contributed by atoms with Crippen molar-refractivity contribution in [1.82, 2.24) is 10.2 Å². The molecule has 3 aromatic rings. The molecule has 0 spiro atoms.